The number of nitrogens with zero attached hydrogens (tertiary/aromatic N) is 3. The lowest BCUT2D eigenvalue weighted by molar-refractivity contribution is -0.133. The predicted molar refractivity (Wildman–Crippen MR) is 134 cm³/mol. The van der Waals surface area contributed by atoms with Gasteiger partial charge >= 0.3 is 0 Å². The summed E-state index contributed by atoms with van der Waals surface area (Å²) in [5.74, 6) is -0.643. The van der Waals surface area contributed by atoms with Crippen molar-refractivity contribution in [2.24, 2.45) is 0 Å². The average Bonchev–Trinajstić information content (AvgIpc) is 3.39. The van der Waals surface area contributed by atoms with E-state index in [9.17, 15) is 14.4 Å². The van der Waals surface area contributed by atoms with Crippen LogP contribution in [-0.2, 0) is 16.1 Å². The highest BCUT2D eigenvalue weighted by atomic mass is 32.1. The molecule has 0 unspecified atom stereocenters. The summed E-state index contributed by atoms with van der Waals surface area (Å²) in [6.45, 7) is 5.56. The van der Waals surface area contributed by atoms with E-state index in [2.05, 4.69) is 10.3 Å². The highest BCUT2D eigenvalue weighted by Crippen LogP contribution is 2.34. The fraction of sp³-hybridized carbons (Fsp3) is 0.250. The number of rotatable bonds is 6. The Kier molecular flexibility index (Phi) is 6.44. The first-order valence-corrected chi connectivity index (χ1v) is 12.1. The fourth-order valence-electron chi connectivity index (χ4n) is 3.60. The third-order valence-corrected chi connectivity index (χ3v) is 7.34. The molecule has 3 aromatic heterocycles. The van der Waals surface area contributed by atoms with Crippen molar-refractivity contribution in [1.29, 1.82) is 0 Å². The number of hydrogen-bond acceptors (Lipinski definition) is 6. The molecule has 0 spiro atoms. The number of aryl methyl sites for hydroxylation is 3. The van der Waals surface area contributed by atoms with Crippen LogP contribution in [0.2, 0.25) is 0 Å². The SMILES string of the molecule is Cc1ccc(-c2csc3ncn(CC(=O)N(C)CC(=O)Nc4c(C)cccc4C)c(=O)c23)s1. The van der Waals surface area contributed by atoms with E-state index in [4.69, 9.17) is 0 Å². The van der Waals surface area contributed by atoms with Crippen LogP contribution < -0.4 is 10.9 Å². The highest BCUT2D eigenvalue weighted by Gasteiger charge is 2.18. The number of para-hydroxylation sites is 1. The molecule has 9 heteroatoms. The molecule has 7 nitrogen and oxygen atoms in total. The number of carbonyl (C=O) groups excluding carboxylic acids is 2. The second-order valence-corrected chi connectivity index (χ2v) is 10.1. The van der Waals surface area contributed by atoms with Crippen LogP contribution in [0.3, 0.4) is 0 Å². The van der Waals surface area contributed by atoms with Gasteiger partial charge in [-0.25, -0.2) is 4.98 Å². The minimum atomic E-state index is -0.348. The molecule has 0 radical (unpaired) electrons. The van der Waals surface area contributed by atoms with Gasteiger partial charge in [0.1, 0.15) is 11.4 Å². The van der Waals surface area contributed by atoms with Crippen molar-refractivity contribution in [2.75, 3.05) is 18.9 Å². The second kappa shape index (κ2) is 9.29. The van der Waals surface area contributed by atoms with Crippen molar-refractivity contribution >= 4 is 50.4 Å². The summed E-state index contributed by atoms with van der Waals surface area (Å²) in [6, 6.07) is 9.77. The summed E-state index contributed by atoms with van der Waals surface area (Å²) < 4.78 is 1.31. The average molecular weight is 481 g/mol. The van der Waals surface area contributed by atoms with Gasteiger partial charge in [-0.3, -0.25) is 19.0 Å². The molecule has 0 atom stereocenters. The van der Waals surface area contributed by atoms with Gasteiger partial charge < -0.3 is 10.2 Å². The van der Waals surface area contributed by atoms with E-state index in [-0.39, 0.29) is 30.5 Å². The van der Waals surface area contributed by atoms with Gasteiger partial charge in [-0.2, -0.15) is 0 Å². The lowest BCUT2D eigenvalue weighted by Crippen LogP contribution is -2.38. The maximum absolute atomic E-state index is 13.2. The molecule has 3 heterocycles. The van der Waals surface area contributed by atoms with Crippen molar-refractivity contribution in [3.8, 4) is 10.4 Å². The van der Waals surface area contributed by atoms with E-state index < -0.39 is 0 Å². The monoisotopic (exact) mass is 480 g/mol. The smallest absolute Gasteiger partial charge is 0.263 e. The Labute approximate surface area is 199 Å². The van der Waals surface area contributed by atoms with Crippen LogP contribution >= 0.6 is 22.7 Å². The van der Waals surface area contributed by atoms with Crippen LogP contribution in [0.15, 0.2) is 46.8 Å². The van der Waals surface area contributed by atoms with Crippen LogP contribution in [0, 0.1) is 20.8 Å². The molecule has 0 aliphatic heterocycles. The van der Waals surface area contributed by atoms with E-state index in [1.165, 1.54) is 27.1 Å². The molecule has 4 aromatic rings. The number of benzene rings is 1. The largest absolute Gasteiger partial charge is 0.335 e. The van der Waals surface area contributed by atoms with Crippen molar-refractivity contribution in [2.45, 2.75) is 27.3 Å². The Bertz CT molecular complexity index is 1400. The summed E-state index contributed by atoms with van der Waals surface area (Å²) in [7, 11) is 1.55. The first-order valence-electron chi connectivity index (χ1n) is 10.4. The Morgan fingerprint density at radius 3 is 2.52 bits per heavy atom. The molecule has 0 aliphatic rings. The number of likely N-dealkylation sites (N-methyl/N-ethyl adjacent to an activating group) is 1. The van der Waals surface area contributed by atoms with Gasteiger partial charge in [0.2, 0.25) is 11.8 Å². The number of amides is 2. The first-order chi connectivity index (χ1) is 15.7. The Hall–Kier alpha value is -3.30. The van der Waals surface area contributed by atoms with Crippen molar-refractivity contribution < 1.29 is 9.59 Å². The molecule has 0 bridgehead atoms. The minimum Gasteiger partial charge on any atom is -0.335 e. The van der Waals surface area contributed by atoms with E-state index in [0.29, 0.717) is 10.2 Å². The molecule has 0 saturated carbocycles. The molecule has 4 rings (SSSR count). The molecule has 2 amide bonds. The molecule has 0 aliphatic carbocycles. The number of thiophene rings is 2. The van der Waals surface area contributed by atoms with Gasteiger partial charge in [0, 0.05) is 33.4 Å². The van der Waals surface area contributed by atoms with Crippen molar-refractivity contribution in [1.82, 2.24) is 14.5 Å². The molecule has 1 aromatic carbocycles. The molecule has 170 valence electrons. The van der Waals surface area contributed by atoms with Gasteiger partial charge in [0.25, 0.3) is 5.56 Å². The fourth-order valence-corrected chi connectivity index (χ4v) is 5.46. The number of carbonyl (C=O) groups is 2. The van der Waals surface area contributed by atoms with Crippen LogP contribution in [0.5, 0.6) is 0 Å². The Balaban J connectivity index is 1.50. The first kappa shape index (κ1) is 22.9. The highest BCUT2D eigenvalue weighted by molar-refractivity contribution is 7.19. The lowest BCUT2D eigenvalue weighted by Gasteiger charge is -2.18. The van der Waals surface area contributed by atoms with Gasteiger partial charge in [-0.05, 0) is 44.0 Å². The van der Waals surface area contributed by atoms with Crippen molar-refractivity contribution in [3.63, 3.8) is 0 Å². The van der Waals surface area contributed by atoms with E-state index in [1.807, 2.05) is 56.5 Å². The molecule has 0 saturated heterocycles. The molecular weight excluding hydrogens is 456 g/mol. The third-order valence-electron chi connectivity index (χ3n) is 5.42. The number of nitrogens with one attached hydrogen (secondary N) is 1. The summed E-state index contributed by atoms with van der Waals surface area (Å²) in [4.78, 5) is 47.0. The van der Waals surface area contributed by atoms with Crippen molar-refractivity contribution in [3.05, 3.63) is 68.4 Å². The van der Waals surface area contributed by atoms with Gasteiger partial charge in [0.05, 0.1) is 18.3 Å². The van der Waals surface area contributed by atoms with Crippen LogP contribution in [-0.4, -0.2) is 39.9 Å². The standard InChI is InChI=1S/C24H24N4O3S2/c1-14-6-5-7-15(2)22(14)26-19(29)10-27(4)20(30)11-28-13-25-23-21(24(28)31)17(12-32-23)18-9-8-16(3)33-18/h5-9,12-13H,10-11H2,1-4H3,(H,26,29). The zero-order chi connectivity index (χ0) is 23.7. The molecule has 0 fully saturated rings. The zero-order valence-electron chi connectivity index (χ0n) is 18.8. The summed E-state index contributed by atoms with van der Waals surface area (Å²) in [5, 5.41) is 5.33. The quantitative estimate of drug-likeness (QED) is 0.448. The van der Waals surface area contributed by atoms with E-state index in [1.54, 1.807) is 18.4 Å². The Morgan fingerprint density at radius 2 is 1.85 bits per heavy atom. The van der Waals surface area contributed by atoms with Gasteiger partial charge in [-0.15, -0.1) is 22.7 Å². The zero-order valence-corrected chi connectivity index (χ0v) is 20.5. The van der Waals surface area contributed by atoms with Crippen LogP contribution in [0.4, 0.5) is 5.69 Å². The van der Waals surface area contributed by atoms with Crippen LogP contribution in [0.1, 0.15) is 16.0 Å². The minimum absolute atomic E-state index is 0.116. The summed E-state index contributed by atoms with van der Waals surface area (Å²) >= 11 is 3.03. The Morgan fingerprint density at radius 1 is 1.12 bits per heavy atom. The summed E-state index contributed by atoms with van der Waals surface area (Å²) in [5.41, 5.74) is 3.24. The molecule has 33 heavy (non-hydrogen) atoms. The van der Waals surface area contributed by atoms with E-state index in [0.717, 1.165) is 32.1 Å². The molecular formula is C24H24N4O3S2. The predicted octanol–water partition coefficient (Wildman–Crippen LogP) is 4.21. The maximum Gasteiger partial charge on any atom is 0.263 e. The number of fused-ring (bicyclic) bond motifs is 1. The van der Waals surface area contributed by atoms with E-state index >= 15 is 0 Å². The van der Waals surface area contributed by atoms with Gasteiger partial charge in [0.15, 0.2) is 0 Å². The third kappa shape index (κ3) is 4.74. The normalized spacial score (nSPS) is 11.0. The number of aromatic nitrogens is 2. The summed E-state index contributed by atoms with van der Waals surface area (Å²) in [6.07, 6.45) is 1.40. The second-order valence-electron chi connectivity index (χ2n) is 7.98. The number of hydrogen-bond donors (Lipinski definition) is 1. The maximum atomic E-state index is 13.2. The lowest BCUT2D eigenvalue weighted by atomic mass is 10.1. The molecule has 1 N–H and O–H groups in total. The number of anilines is 1. The topological polar surface area (TPSA) is 84.3 Å². The van der Waals surface area contributed by atoms with Gasteiger partial charge in [-0.1, -0.05) is 18.2 Å². The van der Waals surface area contributed by atoms with Crippen LogP contribution in [0.25, 0.3) is 20.7 Å².